The number of anilines is 1. The Balaban J connectivity index is 0.00000132. The number of nitrogens with one attached hydrogen (secondary N) is 1. The van der Waals surface area contributed by atoms with Gasteiger partial charge in [0.25, 0.3) is 0 Å². The number of aryl methyl sites for hydroxylation is 1. The highest BCUT2D eigenvalue weighted by Crippen LogP contribution is 2.24. The molecule has 3 aromatic rings. The highest BCUT2D eigenvalue weighted by atomic mass is 35.5. The van der Waals surface area contributed by atoms with E-state index < -0.39 is 0 Å². The first-order chi connectivity index (χ1) is 9.83. The summed E-state index contributed by atoms with van der Waals surface area (Å²) in [6.45, 7) is 6.06. The van der Waals surface area contributed by atoms with Gasteiger partial charge in [0.15, 0.2) is 11.5 Å². The summed E-state index contributed by atoms with van der Waals surface area (Å²) in [7, 11) is 0. The van der Waals surface area contributed by atoms with Gasteiger partial charge in [0.05, 0.1) is 11.0 Å². The lowest BCUT2D eigenvalue weighted by Gasteiger charge is -2.28. The quantitative estimate of drug-likeness (QED) is 0.747. The van der Waals surface area contributed by atoms with Crippen LogP contribution in [0.3, 0.4) is 0 Å². The molecule has 3 heterocycles. The Labute approximate surface area is 129 Å². The highest BCUT2D eigenvalue weighted by molar-refractivity contribution is 5.85. The van der Waals surface area contributed by atoms with Crippen molar-refractivity contribution in [3.05, 3.63) is 36.2 Å². The van der Waals surface area contributed by atoms with Crippen LogP contribution in [0.5, 0.6) is 0 Å². The van der Waals surface area contributed by atoms with Crippen LogP contribution in [0.15, 0.2) is 30.6 Å². The number of fused-ring (bicyclic) bond motifs is 3. The maximum atomic E-state index is 4.87. The lowest BCUT2D eigenvalue weighted by molar-refractivity contribution is 0.586. The molecule has 21 heavy (non-hydrogen) atoms. The minimum atomic E-state index is 0. The van der Waals surface area contributed by atoms with Crippen LogP contribution in [-0.4, -0.2) is 40.5 Å². The number of piperazine rings is 1. The van der Waals surface area contributed by atoms with Crippen LogP contribution in [0.25, 0.3) is 16.7 Å². The molecule has 0 atom stereocenters. The number of rotatable bonds is 1. The van der Waals surface area contributed by atoms with E-state index >= 15 is 0 Å². The molecule has 1 aliphatic rings. The maximum absolute atomic E-state index is 4.87. The number of hydrogen-bond donors (Lipinski definition) is 1. The Hall–Kier alpha value is -1.85. The fourth-order valence-corrected chi connectivity index (χ4v) is 2.84. The molecule has 6 heteroatoms. The molecule has 0 radical (unpaired) electrons. The average Bonchev–Trinajstić information content (AvgIpc) is 2.96. The smallest absolute Gasteiger partial charge is 0.180 e. The first-order valence-corrected chi connectivity index (χ1v) is 7.02. The zero-order valence-electron chi connectivity index (χ0n) is 11.9. The van der Waals surface area contributed by atoms with Crippen LogP contribution in [0, 0.1) is 6.92 Å². The summed E-state index contributed by atoms with van der Waals surface area (Å²) < 4.78 is 2.14. The first kappa shape index (κ1) is 14.1. The van der Waals surface area contributed by atoms with Gasteiger partial charge in [-0.05, 0) is 24.6 Å². The monoisotopic (exact) mass is 303 g/mol. The maximum Gasteiger partial charge on any atom is 0.180 e. The van der Waals surface area contributed by atoms with Crippen LogP contribution in [0.2, 0.25) is 0 Å². The third-order valence-corrected chi connectivity index (χ3v) is 3.87. The molecule has 0 amide bonds. The second-order valence-corrected chi connectivity index (χ2v) is 5.29. The molecule has 4 rings (SSSR count). The Morgan fingerprint density at radius 2 is 2.00 bits per heavy atom. The van der Waals surface area contributed by atoms with Gasteiger partial charge in [-0.1, -0.05) is 6.07 Å². The largest absolute Gasteiger partial charge is 0.351 e. The summed E-state index contributed by atoms with van der Waals surface area (Å²) in [5, 5.41) is 3.38. The van der Waals surface area contributed by atoms with Gasteiger partial charge in [0, 0.05) is 38.6 Å². The van der Waals surface area contributed by atoms with Crippen molar-refractivity contribution in [1.82, 2.24) is 19.7 Å². The van der Waals surface area contributed by atoms with E-state index in [1.54, 1.807) is 0 Å². The van der Waals surface area contributed by atoms with Crippen LogP contribution >= 0.6 is 12.4 Å². The van der Waals surface area contributed by atoms with E-state index in [-0.39, 0.29) is 12.4 Å². The fraction of sp³-hybridized carbons (Fsp3) is 0.333. The Morgan fingerprint density at radius 1 is 1.19 bits per heavy atom. The van der Waals surface area contributed by atoms with Crippen LogP contribution in [0.4, 0.5) is 5.82 Å². The number of nitrogens with zero attached hydrogens (tertiary/aromatic N) is 4. The van der Waals surface area contributed by atoms with Crippen molar-refractivity contribution in [3.63, 3.8) is 0 Å². The summed E-state index contributed by atoms with van der Waals surface area (Å²) >= 11 is 0. The molecule has 1 saturated heterocycles. The SMILES string of the molecule is Cc1ccc2c(c1)nc(N1CCNCC1)c1nccn12.Cl. The highest BCUT2D eigenvalue weighted by Gasteiger charge is 2.17. The van der Waals surface area contributed by atoms with Crippen molar-refractivity contribution in [2.45, 2.75) is 6.92 Å². The van der Waals surface area contributed by atoms with E-state index in [4.69, 9.17) is 4.98 Å². The summed E-state index contributed by atoms with van der Waals surface area (Å²) in [6, 6.07) is 6.38. The van der Waals surface area contributed by atoms with Gasteiger partial charge in [-0.25, -0.2) is 9.97 Å². The van der Waals surface area contributed by atoms with Gasteiger partial charge < -0.3 is 10.2 Å². The molecule has 5 nitrogen and oxygen atoms in total. The van der Waals surface area contributed by atoms with Crippen molar-refractivity contribution < 1.29 is 0 Å². The summed E-state index contributed by atoms with van der Waals surface area (Å²) in [5.41, 5.74) is 4.32. The van der Waals surface area contributed by atoms with Crippen molar-refractivity contribution in [2.75, 3.05) is 31.1 Å². The van der Waals surface area contributed by atoms with Gasteiger partial charge >= 0.3 is 0 Å². The minimum absolute atomic E-state index is 0. The summed E-state index contributed by atoms with van der Waals surface area (Å²) in [5.74, 6) is 0.995. The number of benzene rings is 1. The Kier molecular flexibility index (Phi) is 3.69. The lowest BCUT2D eigenvalue weighted by Crippen LogP contribution is -2.44. The van der Waals surface area contributed by atoms with Gasteiger partial charge in [0.1, 0.15) is 0 Å². The average molecular weight is 304 g/mol. The molecule has 0 unspecified atom stereocenters. The second kappa shape index (κ2) is 5.50. The lowest BCUT2D eigenvalue weighted by atomic mass is 10.2. The van der Waals surface area contributed by atoms with Crippen molar-refractivity contribution >= 4 is 34.9 Å². The molecule has 110 valence electrons. The molecular formula is C15H18ClN5. The van der Waals surface area contributed by atoms with E-state index in [0.29, 0.717) is 0 Å². The third kappa shape index (κ3) is 2.32. The molecule has 1 N–H and O–H groups in total. The summed E-state index contributed by atoms with van der Waals surface area (Å²) in [6.07, 6.45) is 3.86. The fourth-order valence-electron chi connectivity index (χ4n) is 2.84. The topological polar surface area (TPSA) is 45.5 Å². The Bertz CT molecular complexity index is 776. The second-order valence-electron chi connectivity index (χ2n) is 5.29. The van der Waals surface area contributed by atoms with E-state index in [9.17, 15) is 0 Å². The molecule has 0 aliphatic carbocycles. The molecule has 1 aromatic carbocycles. The number of imidazole rings is 1. The van der Waals surface area contributed by atoms with Gasteiger partial charge in [-0.2, -0.15) is 0 Å². The van der Waals surface area contributed by atoms with Crippen molar-refractivity contribution in [3.8, 4) is 0 Å². The molecule has 2 aromatic heterocycles. The van der Waals surface area contributed by atoms with Gasteiger partial charge in [-0.15, -0.1) is 12.4 Å². The predicted molar refractivity (Wildman–Crippen MR) is 87.6 cm³/mol. The molecule has 0 bridgehead atoms. The van der Waals surface area contributed by atoms with Crippen molar-refractivity contribution in [1.29, 1.82) is 0 Å². The Morgan fingerprint density at radius 3 is 2.81 bits per heavy atom. The normalized spacial score (nSPS) is 15.4. The number of hydrogen-bond acceptors (Lipinski definition) is 4. The van der Waals surface area contributed by atoms with E-state index in [1.807, 2.05) is 12.4 Å². The third-order valence-electron chi connectivity index (χ3n) is 3.87. The number of halogens is 1. The van der Waals surface area contributed by atoms with Gasteiger partial charge in [-0.3, -0.25) is 4.40 Å². The van der Waals surface area contributed by atoms with Gasteiger partial charge in [0.2, 0.25) is 0 Å². The van der Waals surface area contributed by atoms with Crippen LogP contribution in [0.1, 0.15) is 5.56 Å². The predicted octanol–water partition coefficient (Wildman–Crippen LogP) is 2.02. The van der Waals surface area contributed by atoms with Crippen LogP contribution in [-0.2, 0) is 0 Å². The molecular weight excluding hydrogens is 286 g/mol. The minimum Gasteiger partial charge on any atom is -0.351 e. The van der Waals surface area contributed by atoms with E-state index in [1.165, 1.54) is 5.56 Å². The molecule has 0 spiro atoms. The first-order valence-electron chi connectivity index (χ1n) is 7.02. The summed E-state index contributed by atoms with van der Waals surface area (Å²) in [4.78, 5) is 11.7. The molecule has 1 fully saturated rings. The zero-order chi connectivity index (χ0) is 13.5. The van der Waals surface area contributed by atoms with Crippen LogP contribution < -0.4 is 10.2 Å². The van der Waals surface area contributed by atoms with Crippen molar-refractivity contribution in [2.24, 2.45) is 0 Å². The molecule has 0 saturated carbocycles. The van der Waals surface area contributed by atoms with E-state index in [2.05, 4.69) is 44.7 Å². The number of aromatic nitrogens is 3. The van der Waals surface area contributed by atoms with E-state index in [0.717, 1.165) is 48.7 Å². The zero-order valence-corrected chi connectivity index (χ0v) is 12.7. The molecule has 1 aliphatic heterocycles. The standard InChI is InChI=1S/C15H17N5.ClH/c1-11-2-3-13-12(10-11)18-15(14-17-6-9-20(13)14)19-7-4-16-5-8-19;/h2-3,6,9-10,16H,4-5,7-8H2,1H3;1H.